The summed E-state index contributed by atoms with van der Waals surface area (Å²) in [6, 6.07) is 2.93. The van der Waals surface area contributed by atoms with Gasteiger partial charge in [0.2, 0.25) is 0 Å². The van der Waals surface area contributed by atoms with E-state index in [4.69, 9.17) is 22.2 Å². The number of amides is 1. The van der Waals surface area contributed by atoms with Gasteiger partial charge in [-0.1, -0.05) is 19.1 Å². The molecule has 1 heterocycles. The maximum Gasteiger partial charge on any atom is 0.419 e. The Morgan fingerprint density at radius 2 is 2.21 bits per heavy atom. The Bertz CT molecular complexity index is 637. The van der Waals surface area contributed by atoms with Crippen LogP contribution in [0.5, 0.6) is 5.75 Å². The number of hydrogen-bond acceptors (Lipinski definition) is 4. The van der Waals surface area contributed by atoms with Gasteiger partial charge in [-0.25, -0.2) is 5.48 Å². The highest BCUT2D eigenvalue weighted by atomic mass is 32.1. The van der Waals surface area contributed by atoms with Crippen molar-refractivity contribution < 1.29 is 27.9 Å². The van der Waals surface area contributed by atoms with Crippen LogP contribution >= 0.6 is 12.2 Å². The molecule has 1 atom stereocenters. The summed E-state index contributed by atoms with van der Waals surface area (Å²) >= 11 is 5.21. The van der Waals surface area contributed by atoms with Gasteiger partial charge in [0.1, 0.15) is 16.8 Å². The van der Waals surface area contributed by atoms with E-state index >= 15 is 0 Å². The first kappa shape index (κ1) is 18.5. The Morgan fingerprint density at radius 3 is 2.71 bits per heavy atom. The van der Waals surface area contributed by atoms with Crippen LogP contribution in [0.2, 0.25) is 0 Å². The summed E-state index contributed by atoms with van der Waals surface area (Å²) in [5.74, 6) is -0.883. The molecule has 0 aromatic heterocycles. The Morgan fingerprint density at radius 1 is 1.50 bits per heavy atom. The van der Waals surface area contributed by atoms with Gasteiger partial charge in [0.05, 0.1) is 12.2 Å². The average molecular weight is 362 g/mol. The number of halogens is 3. The zero-order valence-electron chi connectivity index (χ0n) is 12.9. The van der Waals surface area contributed by atoms with Gasteiger partial charge in [0, 0.05) is 12.1 Å². The molecule has 1 fully saturated rings. The van der Waals surface area contributed by atoms with Gasteiger partial charge >= 0.3 is 6.18 Å². The summed E-state index contributed by atoms with van der Waals surface area (Å²) in [5.41, 5.74) is 0.805. The van der Waals surface area contributed by atoms with Gasteiger partial charge in [-0.15, -0.1) is 0 Å². The highest BCUT2D eigenvalue weighted by Gasteiger charge is 2.38. The molecule has 1 unspecified atom stereocenters. The van der Waals surface area contributed by atoms with E-state index in [0.29, 0.717) is 19.4 Å². The molecule has 2 N–H and O–H groups in total. The number of nitrogens with zero attached hydrogens (tertiary/aromatic N) is 1. The van der Waals surface area contributed by atoms with Crippen molar-refractivity contribution in [3.05, 3.63) is 29.3 Å². The van der Waals surface area contributed by atoms with E-state index in [2.05, 4.69) is 0 Å². The first-order valence-electron chi connectivity index (χ1n) is 7.38. The molecular weight excluding hydrogens is 345 g/mol. The number of thiocarbonyl (C=S) groups is 1. The van der Waals surface area contributed by atoms with E-state index in [0.717, 1.165) is 6.07 Å². The van der Waals surface area contributed by atoms with Crippen LogP contribution in [-0.2, 0) is 11.0 Å². The molecule has 2 rings (SSSR count). The summed E-state index contributed by atoms with van der Waals surface area (Å²) in [4.78, 5) is 13.1. The Kier molecular flexibility index (Phi) is 5.66. The molecule has 1 aromatic rings. The fraction of sp³-hybridized carbons (Fsp3) is 0.467. The number of nitrogens with one attached hydrogen (secondary N) is 1. The minimum atomic E-state index is -4.58. The number of likely N-dealkylation sites (tertiary alicyclic amines) is 1. The van der Waals surface area contributed by atoms with Crippen LogP contribution in [0.25, 0.3) is 0 Å². The Hall–Kier alpha value is -1.87. The van der Waals surface area contributed by atoms with Crippen molar-refractivity contribution >= 4 is 23.1 Å². The first-order valence-corrected chi connectivity index (χ1v) is 7.79. The molecule has 0 radical (unpaired) electrons. The number of alkyl halides is 3. The number of ether oxygens (including phenoxy) is 1. The van der Waals surface area contributed by atoms with Crippen molar-refractivity contribution in [2.45, 2.75) is 32.0 Å². The maximum absolute atomic E-state index is 13.2. The zero-order chi connectivity index (χ0) is 17.9. The van der Waals surface area contributed by atoms with Crippen LogP contribution < -0.4 is 10.2 Å². The van der Waals surface area contributed by atoms with Crippen molar-refractivity contribution in [2.24, 2.45) is 0 Å². The molecule has 1 amide bonds. The number of rotatable bonds is 5. The lowest BCUT2D eigenvalue weighted by atomic mass is 10.00. The standard InChI is InChI=1S/C15H17F3N2O3S/c1-2-7-23-12-4-3-9(8-10(12)15(16,17)18)14(24)20-6-5-11(20)13(21)19-22/h3-4,8,11,22H,2,5-7H2,1H3,(H,19,21). The molecule has 132 valence electrons. The molecule has 5 nitrogen and oxygen atoms in total. The van der Waals surface area contributed by atoms with Crippen molar-refractivity contribution in [2.75, 3.05) is 13.2 Å². The lowest BCUT2D eigenvalue weighted by Crippen LogP contribution is -2.57. The number of hydrogen-bond donors (Lipinski definition) is 2. The molecule has 1 aromatic carbocycles. The molecule has 0 saturated carbocycles. The quantitative estimate of drug-likeness (QED) is 0.479. The largest absolute Gasteiger partial charge is 0.493 e. The predicted molar refractivity (Wildman–Crippen MR) is 84.0 cm³/mol. The molecule has 0 bridgehead atoms. The highest BCUT2D eigenvalue weighted by molar-refractivity contribution is 7.80. The lowest BCUT2D eigenvalue weighted by Gasteiger charge is -2.41. The van der Waals surface area contributed by atoms with Gasteiger partial charge in [-0.3, -0.25) is 10.0 Å². The number of carbonyl (C=O) groups is 1. The summed E-state index contributed by atoms with van der Waals surface area (Å²) in [6.45, 7) is 2.41. The number of carbonyl (C=O) groups excluding carboxylic acids is 1. The van der Waals surface area contributed by atoms with Crippen molar-refractivity contribution in [1.82, 2.24) is 10.4 Å². The fourth-order valence-electron chi connectivity index (χ4n) is 2.37. The fourth-order valence-corrected chi connectivity index (χ4v) is 2.71. The van der Waals surface area contributed by atoms with Crippen molar-refractivity contribution in [1.29, 1.82) is 0 Å². The molecule has 24 heavy (non-hydrogen) atoms. The van der Waals surface area contributed by atoms with E-state index in [1.165, 1.54) is 22.5 Å². The third kappa shape index (κ3) is 3.78. The Balaban J connectivity index is 2.27. The molecule has 1 saturated heterocycles. The monoisotopic (exact) mass is 362 g/mol. The molecular formula is C15H17F3N2O3S. The molecule has 1 aliphatic heterocycles. The number of benzene rings is 1. The number of hydroxylamine groups is 1. The summed E-state index contributed by atoms with van der Waals surface area (Å²) in [6.07, 6.45) is -3.52. The summed E-state index contributed by atoms with van der Waals surface area (Å²) in [7, 11) is 0. The van der Waals surface area contributed by atoms with Crippen LogP contribution in [0.3, 0.4) is 0 Å². The second kappa shape index (κ2) is 7.35. The van der Waals surface area contributed by atoms with E-state index in [-0.39, 0.29) is 22.9 Å². The molecule has 0 aliphatic carbocycles. The Labute approximate surface area is 142 Å². The topological polar surface area (TPSA) is 61.8 Å². The maximum atomic E-state index is 13.2. The van der Waals surface area contributed by atoms with Crippen LogP contribution in [0.15, 0.2) is 18.2 Å². The van der Waals surface area contributed by atoms with Gasteiger partial charge in [-0.2, -0.15) is 13.2 Å². The smallest absolute Gasteiger partial charge is 0.419 e. The van der Waals surface area contributed by atoms with Crippen LogP contribution in [0.4, 0.5) is 13.2 Å². The van der Waals surface area contributed by atoms with E-state index in [9.17, 15) is 18.0 Å². The molecule has 0 spiro atoms. The molecule has 9 heteroatoms. The predicted octanol–water partition coefficient (Wildman–Crippen LogP) is 2.75. The second-order valence-corrected chi connectivity index (χ2v) is 5.72. The van der Waals surface area contributed by atoms with Crippen LogP contribution in [0, 0.1) is 0 Å². The van der Waals surface area contributed by atoms with E-state index < -0.39 is 23.7 Å². The summed E-state index contributed by atoms with van der Waals surface area (Å²) in [5, 5.41) is 8.68. The van der Waals surface area contributed by atoms with Crippen molar-refractivity contribution in [3.63, 3.8) is 0 Å². The van der Waals surface area contributed by atoms with E-state index in [1.54, 1.807) is 6.92 Å². The van der Waals surface area contributed by atoms with E-state index in [1.807, 2.05) is 0 Å². The first-order chi connectivity index (χ1) is 11.3. The SMILES string of the molecule is CCCOc1ccc(C(=S)N2CCC2C(=O)NO)cc1C(F)(F)F. The van der Waals surface area contributed by atoms with Gasteiger partial charge in [0.25, 0.3) is 5.91 Å². The minimum absolute atomic E-state index is 0.127. The van der Waals surface area contributed by atoms with Crippen LogP contribution in [0.1, 0.15) is 30.9 Å². The second-order valence-electron chi connectivity index (χ2n) is 5.34. The highest BCUT2D eigenvalue weighted by Crippen LogP contribution is 2.37. The minimum Gasteiger partial charge on any atom is -0.493 e. The van der Waals surface area contributed by atoms with Gasteiger partial charge in [-0.05, 0) is 31.0 Å². The third-order valence-corrected chi connectivity index (χ3v) is 4.16. The molecule has 1 aliphatic rings. The van der Waals surface area contributed by atoms with Gasteiger partial charge < -0.3 is 9.64 Å². The normalized spacial score (nSPS) is 17.2. The van der Waals surface area contributed by atoms with Crippen LogP contribution in [-0.4, -0.2) is 40.2 Å². The summed E-state index contributed by atoms with van der Waals surface area (Å²) < 4.78 is 44.9. The van der Waals surface area contributed by atoms with Gasteiger partial charge in [0.15, 0.2) is 0 Å². The van der Waals surface area contributed by atoms with Crippen molar-refractivity contribution in [3.8, 4) is 5.75 Å². The average Bonchev–Trinajstić information content (AvgIpc) is 2.50. The third-order valence-electron chi connectivity index (χ3n) is 3.69. The zero-order valence-corrected chi connectivity index (χ0v) is 13.7. The lowest BCUT2D eigenvalue weighted by molar-refractivity contribution is -0.139.